The molecule has 1 fully saturated rings. The lowest BCUT2D eigenvalue weighted by molar-refractivity contribution is -0.0818. The van der Waals surface area contributed by atoms with Crippen LogP contribution in [-0.4, -0.2) is 37.5 Å². The van der Waals surface area contributed by atoms with E-state index in [9.17, 15) is 0 Å². The first-order valence-electron chi connectivity index (χ1n) is 6.00. The van der Waals surface area contributed by atoms with Gasteiger partial charge in [-0.25, -0.2) is 0 Å². The molecule has 1 aromatic carbocycles. The maximum atomic E-state index is 5.71. The van der Waals surface area contributed by atoms with Crippen LogP contribution in [0, 0.1) is 6.92 Å². The molecule has 1 heterocycles. The maximum Gasteiger partial charge on any atom is 0.106 e. The van der Waals surface area contributed by atoms with Gasteiger partial charge in [0.1, 0.15) is 4.99 Å². The van der Waals surface area contributed by atoms with Gasteiger partial charge in [0.2, 0.25) is 0 Å². The normalized spacial score (nSPS) is 19.5. The predicted octanol–water partition coefficient (Wildman–Crippen LogP) is 1.46. The van der Waals surface area contributed by atoms with E-state index in [2.05, 4.69) is 5.32 Å². The average Bonchev–Trinajstić information content (AvgIpc) is 2.37. The summed E-state index contributed by atoms with van der Waals surface area (Å²) in [5.74, 6) is 0. The van der Waals surface area contributed by atoms with E-state index < -0.39 is 0 Å². The predicted molar refractivity (Wildman–Crippen MR) is 76.1 cm³/mol. The minimum absolute atomic E-state index is 0.0819. The van der Waals surface area contributed by atoms with Gasteiger partial charge >= 0.3 is 0 Å². The van der Waals surface area contributed by atoms with E-state index in [1.165, 1.54) is 5.56 Å². The van der Waals surface area contributed by atoms with Crippen LogP contribution in [0.1, 0.15) is 11.1 Å². The molecule has 0 aromatic heterocycles. The summed E-state index contributed by atoms with van der Waals surface area (Å²) in [7, 11) is 0. The Morgan fingerprint density at radius 3 is 3.00 bits per heavy atom. The molecule has 5 heteroatoms. The monoisotopic (exact) mass is 266 g/mol. The zero-order chi connectivity index (χ0) is 13.0. The molecule has 1 atom stereocenters. The van der Waals surface area contributed by atoms with Gasteiger partial charge in [-0.15, -0.1) is 0 Å². The van der Waals surface area contributed by atoms with Crippen LogP contribution in [0.25, 0.3) is 0 Å². The van der Waals surface area contributed by atoms with Crippen LogP contribution in [0.3, 0.4) is 0 Å². The summed E-state index contributed by atoms with van der Waals surface area (Å²) in [6.07, 6.45) is 0.0819. The molecule has 1 unspecified atom stereocenters. The van der Waals surface area contributed by atoms with Gasteiger partial charge in [0.25, 0.3) is 0 Å². The third-order valence-electron chi connectivity index (χ3n) is 2.85. The molecular formula is C13H18N2O2S. The van der Waals surface area contributed by atoms with Crippen molar-refractivity contribution in [2.75, 3.05) is 31.7 Å². The van der Waals surface area contributed by atoms with Crippen molar-refractivity contribution in [3.8, 4) is 0 Å². The highest BCUT2D eigenvalue weighted by Crippen LogP contribution is 2.18. The highest BCUT2D eigenvalue weighted by Gasteiger charge is 2.14. The summed E-state index contributed by atoms with van der Waals surface area (Å²) in [6.45, 7) is 4.69. The number of ether oxygens (including phenoxy) is 2. The molecule has 0 radical (unpaired) electrons. The highest BCUT2D eigenvalue weighted by atomic mass is 32.1. The van der Waals surface area contributed by atoms with Crippen LogP contribution in [0.15, 0.2) is 18.2 Å². The number of aryl methyl sites for hydroxylation is 1. The lowest BCUT2D eigenvalue weighted by atomic mass is 10.1. The fraction of sp³-hybridized carbons (Fsp3) is 0.462. The summed E-state index contributed by atoms with van der Waals surface area (Å²) in [5, 5.41) is 3.33. The molecule has 4 nitrogen and oxygen atoms in total. The molecule has 0 spiro atoms. The van der Waals surface area contributed by atoms with E-state index >= 15 is 0 Å². The molecule has 0 amide bonds. The van der Waals surface area contributed by atoms with Crippen molar-refractivity contribution in [3.05, 3.63) is 29.3 Å². The van der Waals surface area contributed by atoms with Crippen molar-refractivity contribution in [2.24, 2.45) is 5.73 Å². The Morgan fingerprint density at radius 2 is 2.33 bits per heavy atom. The van der Waals surface area contributed by atoms with Crippen molar-refractivity contribution < 1.29 is 9.47 Å². The van der Waals surface area contributed by atoms with Gasteiger partial charge in [0.15, 0.2) is 0 Å². The third kappa shape index (κ3) is 3.41. The summed E-state index contributed by atoms with van der Waals surface area (Å²) >= 11 is 5.05. The molecule has 3 N–H and O–H groups in total. The Hall–Kier alpha value is -1.17. The first kappa shape index (κ1) is 13.3. The fourth-order valence-corrected chi connectivity index (χ4v) is 2.08. The topological polar surface area (TPSA) is 56.5 Å². The smallest absolute Gasteiger partial charge is 0.106 e. The summed E-state index contributed by atoms with van der Waals surface area (Å²) < 4.78 is 10.9. The summed E-state index contributed by atoms with van der Waals surface area (Å²) in [6, 6.07) is 5.98. The number of thiocarbonyl (C=S) groups is 1. The molecule has 0 aliphatic carbocycles. The second-order valence-electron chi connectivity index (χ2n) is 4.36. The molecule has 18 heavy (non-hydrogen) atoms. The van der Waals surface area contributed by atoms with Crippen molar-refractivity contribution in [3.63, 3.8) is 0 Å². The van der Waals surface area contributed by atoms with E-state index in [1.807, 2.05) is 25.1 Å². The lowest BCUT2D eigenvalue weighted by Gasteiger charge is -2.24. The van der Waals surface area contributed by atoms with Crippen LogP contribution in [0.2, 0.25) is 0 Å². The summed E-state index contributed by atoms with van der Waals surface area (Å²) in [5.41, 5.74) is 8.70. The Bertz CT molecular complexity index is 431. The Balaban J connectivity index is 2.03. The van der Waals surface area contributed by atoms with Crippen molar-refractivity contribution in [2.45, 2.75) is 13.0 Å². The minimum Gasteiger partial charge on any atom is -0.389 e. The largest absolute Gasteiger partial charge is 0.389 e. The second kappa shape index (κ2) is 6.13. The van der Waals surface area contributed by atoms with Gasteiger partial charge < -0.3 is 20.5 Å². The van der Waals surface area contributed by atoms with Gasteiger partial charge in [-0.2, -0.15) is 0 Å². The molecule has 0 bridgehead atoms. The zero-order valence-electron chi connectivity index (χ0n) is 10.4. The third-order valence-corrected chi connectivity index (χ3v) is 3.07. The fourth-order valence-electron chi connectivity index (χ4n) is 1.90. The number of rotatable bonds is 4. The number of hydrogen-bond acceptors (Lipinski definition) is 4. The van der Waals surface area contributed by atoms with Gasteiger partial charge in [-0.05, 0) is 24.6 Å². The number of nitrogens with one attached hydrogen (secondary N) is 1. The van der Waals surface area contributed by atoms with Gasteiger partial charge in [-0.3, -0.25) is 0 Å². The van der Waals surface area contributed by atoms with E-state index in [4.69, 9.17) is 27.4 Å². The van der Waals surface area contributed by atoms with Crippen molar-refractivity contribution >= 4 is 22.9 Å². The lowest BCUT2D eigenvalue weighted by Crippen LogP contribution is -2.34. The van der Waals surface area contributed by atoms with E-state index in [0.29, 0.717) is 31.4 Å². The molecule has 1 aliphatic rings. The first-order chi connectivity index (χ1) is 8.66. The summed E-state index contributed by atoms with van der Waals surface area (Å²) in [4.78, 5) is 0.401. The van der Waals surface area contributed by atoms with Gasteiger partial charge in [0.05, 0.1) is 25.9 Å². The van der Waals surface area contributed by atoms with E-state index in [0.717, 1.165) is 11.3 Å². The Labute approximate surface area is 112 Å². The van der Waals surface area contributed by atoms with E-state index in [1.54, 1.807) is 0 Å². The van der Waals surface area contributed by atoms with E-state index in [-0.39, 0.29) is 6.10 Å². The number of nitrogens with two attached hydrogens (primary N) is 1. The SMILES string of the molecule is Cc1ccc(C(N)=S)c(NCC2COCCO2)c1. The molecule has 1 saturated heterocycles. The minimum atomic E-state index is 0.0819. The molecular weight excluding hydrogens is 248 g/mol. The number of benzene rings is 1. The molecule has 1 aliphatic heterocycles. The first-order valence-corrected chi connectivity index (χ1v) is 6.41. The van der Waals surface area contributed by atoms with Crippen molar-refractivity contribution in [1.29, 1.82) is 0 Å². The Kier molecular flexibility index (Phi) is 4.52. The van der Waals surface area contributed by atoms with Gasteiger partial charge in [0, 0.05) is 17.8 Å². The van der Waals surface area contributed by atoms with Crippen LogP contribution < -0.4 is 11.1 Å². The highest BCUT2D eigenvalue weighted by molar-refractivity contribution is 7.80. The van der Waals surface area contributed by atoms with Crippen molar-refractivity contribution in [1.82, 2.24) is 0 Å². The van der Waals surface area contributed by atoms with Crippen LogP contribution in [0.4, 0.5) is 5.69 Å². The van der Waals surface area contributed by atoms with Gasteiger partial charge in [-0.1, -0.05) is 18.3 Å². The van der Waals surface area contributed by atoms with Crippen LogP contribution >= 0.6 is 12.2 Å². The van der Waals surface area contributed by atoms with Crippen LogP contribution in [0.5, 0.6) is 0 Å². The Morgan fingerprint density at radius 1 is 1.50 bits per heavy atom. The molecule has 98 valence electrons. The molecule has 1 aromatic rings. The van der Waals surface area contributed by atoms with Crippen LogP contribution in [-0.2, 0) is 9.47 Å². The number of anilines is 1. The standard InChI is InChI=1S/C13H18N2O2S/c1-9-2-3-11(13(14)18)12(6-9)15-7-10-8-16-4-5-17-10/h2-3,6,10,15H,4-5,7-8H2,1H3,(H2,14,18). The number of hydrogen-bond donors (Lipinski definition) is 2. The zero-order valence-corrected chi connectivity index (χ0v) is 11.3. The maximum absolute atomic E-state index is 5.71. The molecule has 0 saturated carbocycles. The quantitative estimate of drug-likeness (QED) is 0.808. The second-order valence-corrected chi connectivity index (χ2v) is 4.80. The average molecular weight is 266 g/mol. The molecule has 2 rings (SSSR count).